The molecule has 23 heavy (non-hydrogen) atoms. The van der Waals surface area contributed by atoms with Crippen LogP contribution in [-0.2, 0) is 9.47 Å². The van der Waals surface area contributed by atoms with Crippen LogP contribution in [-0.4, -0.2) is 86.6 Å². The number of hydrogen-bond acceptors (Lipinski definition) is 5. The van der Waals surface area contributed by atoms with E-state index in [-0.39, 0.29) is 0 Å². The van der Waals surface area contributed by atoms with Gasteiger partial charge in [0.25, 0.3) is 0 Å². The van der Waals surface area contributed by atoms with E-state index in [9.17, 15) is 0 Å². The van der Waals surface area contributed by atoms with E-state index in [1.165, 1.54) is 52.1 Å². The fourth-order valence-corrected chi connectivity index (χ4v) is 4.02. The van der Waals surface area contributed by atoms with Gasteiger partial charge in [0.2, 0.25) is 0 Å². The molecule has 0 unspecified atom stereocenters. The number of piperidine rings is 1. The zero-order chi connectivity index (χ0) is 16.1. The largest absolute Gasteiger partial charge is 0.377 e. The van der Waals surface area contributed by atoms with Crippen molar-refractivity contribution in [1.82, 2.24) is 15.1 Å². The van der Waals surface area contributed by atoms with E-state index < -0.39 is 0 Å². The highest BCUT2D eigenvalue weighted by atomic mass is 16.5. The van der Waals surface area contributed by atoms with Crippen molar-refractivity contribution in [1.29, 1.82) is 0 Å². The lowest BCUT2D eigenvalue weighted by atomic mass is 9.92. The van der Waals surface area contributed by atoms with E-state index >= 15 is 0 Å². The van der Waals surface area contributed by atoms with Gasteiger partial charge in [0.15, 0.2) is 0 Å². The van der Waals surface area contributed by atoms with E-state index in [4.69, 9.17) is 9.47 Å². The molecule has 5 nitrogen and oxygen atoms in total. The van der Waals surface area contributed by atoms with Crippen LogP contribution in [0.1, 0.15) is 39.5 Å². The maximum atomic E-state index is 5.99. The summed E-state index contributed by atoms with van der Waals surface area (Å²) >= 11 is 0. The lowest BCUT2D eigenvalue weighted by Gasteiger charge is -2.41. The van der Waals surface area contributed by atoms with Crippen LogP contribution in [0.4, 0.5) is 0 Å². The van der Waals surface area contributed by atoms with Crippen LogP contribution in [0.15, 0.2) is 0 Å². The fraction of sp³-hybridized carbons (Fsp3) is 1.00. The molecule has 2 aliphatic heterocycles. The summed E-state index contributed by atoms with van der Waals surface area (Å²) in [5.41, 5.74) is 0. The van der Waals surface area contributed by atoms with Gasteiger partial charge >= 0.3 is 0 Å². The van der Waals surface area contributed by atoms with Gasteiger partial charge in [-0.15, -0.1) is 0 Å². The number of rotatable bonds is 7. The molecule has 1 aliphatic carbocycles. The molecular formula is C18H35N3O2. The Morgan fingerprint density at radius 1 is 1.00 bits per heavy atom. The molecule has 0 aromatic carbocycles. The number of hydrogen-bond donors (Lipinski definition) is 1. The Bertz CT molecular complexity index is 333. The van der Waals surface area contributed by atoms with Crippen LogP contribution < -0.4 is 5.32 Å². The maximum Gasteiger partial charge on any atom is 0.0628 e. The molecule has 0 aromatic heterocycles. The highest BCUT2D eigenvalue weighted by Crippen LogP contribution is 2.27. The van der Waals surface area contributed by atoms with Gasteiger partial charge in [-0.2, -0.15) is 0 Å². The Morgan fingerprint density at radius 3 is 2.35 bits per heavy atom. The van der Waals surface area contributed by atoms with Gasteiger partial charge in [0.05, 0.1) is 24.9 Å². The highest BCUT2D eigenvalue weighted by Gasteiger charge is 2.31. The number of nitrogens with zero attached hydrogens (tertiary/aromatic N) is 2. The Kier molecular flexibility index (Phi) is 6.72. The third kappa shape index (κ3) is 5.40. The summed E-state index contributed by atoms with van der Waals surface area (Å²) in [5, 5.41) is 3.46. The topological polar surface area (TPSA) is 37.0 Å². The smallest absolute Gasteiger partial charge is 0.0628 e. The first kappa shape index (κ1) is 17.6. The van der Waals surface area contributed by atoms with Crippen LogP contribution in [0.3, 0.4) is 0 Å². The third-order valence-corrected chi connectivity index (χ3v) is 5.51. The van der Waals surface area contributed by atoms with E-state index in [0.717, 1.165) is 32.0 Å². The minimum atomic E-state index is 0.345. The minimum Gasteiger partial charge on any atom is -0.377 e. The normalized spacial score (nSPS) is 31.4. The predicted octanol–water partition coefficient (Wildman–Crippen LogP) is 1.33. The second-order valence-electron chi connectivity index (χ2n) is 7.63. The van der Waals surface area contributed by atoms with Gasteiger partial charge in [0, 0.05) is 38.8 Å². The Morgan fingerprint density at radius 2 is 1.70 bits per heavy atom. The Hall–Kier alpha value is -0.200. The molecule has 0 bridgehead atoms. The molecule has 0 spiro atoms. The van der Waals surface area contributed by atoms with Gasteiger partial charge < -0.3 is 14.8 Å². The first-order chi connectivity index (χ1) is 11.2. The summed E-state index contributed by atoms with van der Waals surface area (Å²) in [7, 11) is 0. The molecule has 3 aliphatic rings. The van der Waals surface area contributed by atoms with Gasteiger partial charge in [-0.3, -0.25) is 9.80 Å². The van der Waals surface area contributed by atoms with Crippen molar-refractivity contribution in [2.45, 2.75) is 63.9 Å². The lowest BCUT2D eigenvalue weighted by Crippen LogP contribution is -2.53. The molecular weight excluding hydrogens is 290 g/mol. The number of piperazine rings is 1. The van der Waals surface area contributed by atoms with Crippen LogP contribution in [0.25, 0.3) is 0 Å². The van der Waals surface area contributed by atoms with Crippen molar-refractivity contribution < 1.29 is 9.47 Å². The molecule has 134 valence electrons. The van der Waals surface area contributed by atoms with Crippen molar-refractivity contribution in [3.63, 3.8) is 0 Å². The SMILES string of the molecule is CC(C)O[C@H]1C[C@H](OCCN2CCN(C3CCNCC3)CC2)C1. The van der Waals surface area contributed by atoms with Crippen LogP contribution in [0.5, 0.6) is 0 Å². The van der Waals surface area contributed by atoms with Crippen molar-refractivity contribution in [2.75, 3.05) is 52.4 Å². The lowest BCUT2D eigenvalue weighted by molar-refractivity contribution is -0.120. The summed E-state index contributed by atoms with van der Waals surface area (Å²) in [6, 6.07) is 0.822. The summed E-state index contributed by atoms with van der Waals surface area (Å²) < 4.78 is 11.8. The van der Waals surface area contributed by atoms with Gasteiger partial charge in [-0.05, 0) is 52.6 Å². The standard InChI is InChI=1S/C18H35N3O2/c1-15(2)23-18-13-17(14-18)22-12-11-20-7-9-21(10-8-20)16-3-5-19-6-4-16/h15-19H,3-14H2,1-2H3/t17-,18-. The number of ether oxygens (including phenoxy) is 2. The minimum absolute atomic E-state index is 0.345. The first-order valence-corrected chi connectivity index (χ1v) is 9.65. The molecule has 5 heteroatoms. The predicted molar refractivity (Wildman–Crippen MR) is 92.9 cm³/mol. The molecule has 1 saturated carbocycles. The quantitative estimate of drug-likeness (QED) is 0.764. The molecule has 1 N–H and O–H groups in total. The van der Waals surface area contributed by atoms with Gasteiger partial charge in [0.1, 0.15) is 0 Å². The third-order valence-electron chi connectivity index (χ3n) is 5.51. The van der Waals surface area contributed by atoms with Gasteiger partial charge in [-0.1, -0.05) is 0 Å². The molecule has 0 radical (unpaired) electrons. The summed E-state index contributed by atoms with van der Waals surface area (Å²) in [6.45, 7) is 13.5. The Labute approximate surface area is 141 Å². The summed E-state index contributed by atoms with van der Waals surface area (Å²) in [5.74, 6) is 0. The molecule has 0 amide bonds. The van der Waals surface area contributed by atoms with E-state index in [2.05, 4.69) is 29.0 Å². The summed E-state index contributed by atoms with van der Waals surface area (Å²) in [4.78, 5) is 5.27. The second kappa shape index (κ2) is 8.77. The van der Waals surface area contributed by atoms with Crippen molar-refractivity contribution >= 4 is 0 Å². The first-order valence-electron chi connectivity index (χ1n) is 9.65. The fourth-order valence-electron chi connectivity index (χ4n) is 4.02. The average molecular weight is 325 g/mol. The van der Waals surface area contributed by atoms with Crippen LogP contribution >= 0.6 is 0 Å². The van der Waals surface area contributed by atoms with E-state index in [1.54, 1.807) is 0 Å². The van der Waals surface area contributed by atoms with Crippen molar-refractivity contribution in [3.05, 3.63) is 0 Å². The molecule has 0 atom stereocenters. The van der Waals surface area contributed by atoms with E-state index in [0.29, 0.717) is 18.3 Å². The average Bonchev–Trinajstić information content (AvgIpc) is 2.53. The monoisotopic (exact) mass is 325 g/mol. The molecule has 2 heterocycles. The zero-order valence-electron chi connectivity index (χ0n) is 15.0. The highest BCUT2D eigenvalue weighted by molar-refractivity contribution is 4.83. The zero-order valence-corrected chi connectivity index (χ0v) is 15.0. The van der Waals surface area contributed by atoms with Gasteiger partial charge in [-0.25, -0.2) is 0 Å². The molecule has 3 rings (SSSR count). The van der Waals surface area contributed by atoms with E-state index in [1.807, 2.05) is 0 Å². The summed E-state index contributed by atoms with van der Waals surface area (Å²) in [6.07, 6.45) is 6.04. The molecule has 3 fully saturated rings. The molecule has 2 saturated heterocycles. The van der Waals surface area contributed by atoms with Crippen LogP contribution in [0, 0.1) is 0 Å². The van der Waals surface area contributed by atoms with Crippen molar-refractivity contribution in [2.24, 2.45) is 0 Å². The van der Waals surface area contributed by atoms with Crippen molar-refractivity contribution in [3.8, 4) is 0 Å². The van der Waals surface area contributed by atoms with Crippen LogP contribution in [0.2, 0.25) is 0 Å². The number of nitrogens with one attached hydrogen (secondary N) is 1. The molecule has 0 aromatic rings. The maximum absolute atomic E-state index is 5.99. The Balaban J connectivity index is 1.23. The second-order valence-corrected chi connectivity index (χ2v) is 7.63.